The van der Waals surface area contributed by atoms with Crippen molar-refractivity contribution in [1.82, 2.24) is 14.3 Å². The Balaban J connectivity index is 2.46. The van der Waals surface area contributed by atoms with Crippen molar-refractivity contribution in [3.63, 3.8) is 0 Å². The van der Waals surface area contributed by atoms with Gasteiger partial charge < -0.3 is 0 Å². The quantitative estimate of drug-likeness (QED) is 0.641. The molecule has 2 rings (SSSR count). The molecule has 0 radical (unpaired) electrons. The summed E-state index contributed by atoms with van der Waals surface area (Å²) >= 11 is 1.37. The molecule has 0 N–H and O–H groups in total. The van der Waals surface area contributed by atoms with Gasteiger partial charge in [0, 0.05) is 18.0 Å². The maximum absolute atomic E-state index is 4.05. The van der Waals surface area contributed by atoms with E-state index in [0.717, 1.165) is 10.6 Å². The molecule has 54 valence electrons. The Morgan fingerprint density at radius 2 is 2.36 bits per heavy atom. The van der Waals surface area contributed by atoms with Gasteiger partial charge in [-0.15, -0.1) is 0 Å². The predicted molar refractivity (Wildman–Crippen MR) is 43.1 cm³/mol. The van der Waals surface area contributed by atoms with Gasteiger partial charge in [0.05, 0.1) is 0 Å². The number of nitrogens with zero attached hydrogens (tertiary/aromatic N) is 3. The molecule has 0 fully saturated rings. The third-order valence-corrected chi connectivity index (χ3v) is 1.98. The van der Waals surface area contributed by atoms with Crippen LogP contribution in [0.15, 0.2) is 30.9 Å². The predicted octanol–water partition coefficient (Wildman–Crippen LogP) is 1.60. The van der Waals surface area contributed by atoms with Gasteiger partial charge in [-0.25, -0.2) is 4.98 Å². The molecule has 0 amide bonds. The van der Waals surface area contributed by atoms with Crippen LogP contribution in [-0.2, 0) is 0 Å². The first-order valence-electron chi connectivity index (χ1n) is 3.14. The summed E-state index contributed by atoms with van der Waals surface area (Å²) in [7, 11) is 0. The van der Waals surface area contributed by atoms with Gasteiger partial charge in [0.2, 0.25) is 0 Å². The second kappa shape index (κ2) is 2.75. The van der Waals surface area contributed by atoms with Crippen LogP contribution in [0.3, 0.4) is 0 Å². The molecule has 3 nitrogen and oxygen atoms in total. The van der Waals surface area contributed by atoms with Gasteiger partial charge in [0.15, 0.2) is 0 Å². The maximum atomic E-state index is 4.05. The topological polar surface area (TPSA) is 38.7 Å². The molecule has 11 heavy (non-hydrogen) atoms. The van der Waals surface area contributed by atoms with E-state index < -0.39 is 0 Å². The Morgan fingerprint density at radius 3 is 3.00 bits per heavy atom. The summed E-state index contributed by atoms with van der Waals surface area (Å²) in [6, 6.07) is 3.85. The minimum absolute atomic E-state index is 0.915. The highest BCUT2D eigenvalue weighted by molar-refractivity contribution is 7.09. The van der Waals surface area contributed by atoms with E-state index in [1.165, 1.54) is 11.5 Å². The lowest BCUT2D eigenvalue weighted by Crippen LogP contribution is -1.75. The van der Waals surface area contributed by atoms with Crippen molar-refractivity contribution >= 4 is 11.5 Å². The first kappa shape index (κ1) is 6.42. The molecule has 0 aliphatic carbocycles. The largest absolute Gasteiger partial charge is 0.264 e. The summed E-state index contributed by atoms with van der Waals surface area (Å²) in [5.41, 5.74) is 1.02. The van der Waals surface area contributed by atoms with Crippen LogP contribution in [0.1, 0.15) is 0 Å². The van der Waals surface area contributed by atoms with Crippen LogP contribution in [-0.4, -0.2) is 14.3 Å². The van der Waals surface area contributed by atoms with Crippen molar-refractivity contribution in [2.45, 2.75) is 0 Å². The standard InChI is InChI=1S/C7H5N3S/c1-2-6(4-8-3-1)7-9-5-10-11-7/h1-5H. The molecular formula is C7H5N3S. The van der Waals surface area contributed by atoms with Gasteiger partial charge in [-0.05, 0) is 23.7 Å². The molecule has 0 aliphatic rings. The summed E-state index contributed by atoms with van der Waals surface area (Å²) in [6.45, 7) is 0. The van der Waals surface area contributed by atoms with Crippen molar-refractivity contribution in [1.29, 1.82) is 0 Å². The molecule has 0 unspecified atom stereocenters. The van der Waals surface area contributed by atoms with Crippen LogP contribution in [0, 0.1) is 0 Å². The fraction of sp³-hybridized carbons (Fsp3) is 0. The SMILES string of the molecule is c1cncc(-c2ncns2)c1. The van der Waals surface area contributed by atoms with E-state index in [4.69, 9.17) is 0 Å². The van der Waals surface area contributed by atoms with E-state index in [0.29, 0.717) is 0 Å². The molecule has 2 heterocycles. The summed E-state index contributed by atoms with van der Waals surface area (Å²) in [5.74, 6) is 0. The summed E-state index contributed by atoms with van der Waals surface area (Å²) < 4.78 is 3.90. The van der Waals surface area contributed by atoms with Crippen LogP contribution in [0.4, 0.5) is 0 Å². The van der Waals surface area contributed by atoms with E-state index in [2.05, 4.69) is 14.3 Å². The van der Waals surface area contributed by atoms with E-state index in [9.17, 15) is 0 Å². The minimum Gasteiger partial charge on any atom is -0.264 e. The summed E-state index contributed by atoms with van der Waals surface area (Å²) in [6.07, 6.45) is 5.07. The molecule has 2 aromatic rings. The second-order valence-corrected chi connectivity index (χ2v) is 2.77. The summed E-state index contributed by atoms with van der Waals surface area (Å²) in [5, 5.41) is 0.915. The third-order valence-electron chi connectivity index (χ3n) is 1.27. The highest BCUT2D eigenvalue weighted by atomic mass is 32.1. The lowest BCUT2D eigenvalue weighted by atomic mass is 10.3. The van der Waals surface area contributed by atoms with Crippen LogP contribution in [0.25, 0.3) is 10.6 Å². The Bertz CT molecular complexity index is 317. The zero-order chi connectivity index (χ0) is 7.52. The lowest BCUT2D eigenvalue weighted by molar-refractivity contribution is 1.29. The second-order valence-electron chi connectivity index (χ2n) is 1.99. The van der Waals surface area contributed by atoms with Gasteiger partial charge in [-0.1, -0.05) is 0 Å². The van der Waals surface area contributed by atoms with Gasteiger partial charge in [0.1, 0.15) is 11.3 Å². The first-order valence-corrected chi connectivity index (χ1v) is 3.91. The van der Waals surface area contributed by atoms with E-state index in [1.807, 2.05) is 12.1 Å². The normalized spacial score (nSPS) is 9.82. The van der Waals surface area contributed by atoms with E-state index in [-0.39, 0.29) is 0 Å². The Hall–Kier alpha value is -1.29. The van der Waals surface area contributed by atoms with E-state index >= 15 is 0 Å². The highest BCUT2D eigenvalue weighted by Gasteiger charge is 1.98. The third kappa shape index (κ3) is 1.25. The zero-order valence-corrected chi connectivity index (χ0v) is 6.45. The fourth-order valence-electron chi connectivity index (χ4n) is 0.790. The molecule has 0 aliphatic heterocycles. The lowest BCUT2D eigenvalue weighted by Gasteiger charge is -1.89. The van der Waals surface area contributed by atoms with Crippen LogP contribution in [0.2, 0.25) is 0 Å². The number of hydrogen-bond donors (Lipinski definition) is 0. The number of rotatable bonds is 1. The van der Waals surface area contributed by atoms with Gasteiger partial charge in [-0.3, -0.25) is 4.98 Å². The fourth-order valence-corrected chi connectivity index (χ4v) is 1.30. The van der Waals surface area contributed by atoms with Crippen molar-refractivity contribution in [2.24, 2.45) is 0 Å². The molecule has 4 heteroatoms. The molecule has 0 atom stereocenters. The van der Waals surface area contributed by atoms with Crippen LogP contribution < -0.4 is 0 Å². The van der Waals surface area contributed by atoms with Crippen molar-refractivity contribution in [3.8, 4) is 10.6 Å². The Morgan fingerprint density at radius 1 is 1.36 bits per heavy atom. The minimum atomic E-state index is 0.915. The number of hydrogen-bond acceptors (Lipinski definition) is 4. The average Bonchev–Trinajstić information content (AvgIpc) is 2.58. The molecule has 0 spiro atoms. The van der Waals surface area contributed by atoms with Crippen LogP contribution in [0.5, 0.6) is 0 Å². The number of pyridine rings is 1. The average molecular weight is 163 g/mol. The maximum Gasteiger partial charge on any atom is 0.145 e. The zero-order valence-electron chi connectivity index (χ0n) is 5.64. The van der Waals surface area contributed by atoms with Gasteiger partial charge >= 0.3 is 0 Å². The van der Waals surface area contributed by atoms with Crippen molar-refractivity contribution in [3.05, 3.63) is 30.9 Å². The molecule has 0 saturated carbocycles. The Labute approximate surface area is 67.9 Å². The molecule has 0 bridgehead atoms. The number of aromatic nitrogens is 3. The smallest absolute Gasteiger partial charge is 0.145 e. The Kier molecular flexibility index (Phi) is 1.61. The molecule has 2 aromatic heterocycles. The first-order chi connectivity index (χ1) is 5.47. The molecular weight excluding hydrogens is 158 g/mol. The monoisotopic (exact) mass is 163 g/mol. The van der Waals surface area contributed by atoms with E-state index in [1.54, 1.807) is 18.7 Å². The van der Waals surface area contributed by atoms with Crippen molar-refractivity contribution < 1.29 is 0 Å². The summed E-state index contributed by atoms with van der Waals surface area (Å²) in [4.78, 5) is 8.03. The van der Waals surface area contributed by atoms with Gasteiger partial charge in [0.25, 0.3) is 0 Å². The van der Waals surface area contributed by atoms with Gasteiger partial charge in [-0.2, -0.15) is 4.37 Å². The highest BCUT2D eigenvalue weighted by Crippen LogP contribution is 2.17. The molecule has 0 aromatic carbocycles. The van der Waals surface area contributed by atoms with Crippen LogP contribution >= 0.6 is 11.5 Å². The molecule has 0 saturated heterocycles. The van der Waals surface area contributed by atoms with Crippen molar-refractivity contribution in [2.75, 3.05) is 0 Å².